The normalized spacial score (nSPS) is 38.4. The molecule has 0 amide bonds. The first-order valence-electron chi connectivity index (χ1n) is 6.31. The van der Waals surface area contributed by atoms with E-state index in [1.807, 2.05) is 0 Å². The van der Waals surface area contributed by atoms with E-state index >= 15 is 0 Å². The van der Waals surface area contributed by atoms with Gasteiger partial charge in [0, 0.05) is 19.7 Å². The fourth-order valence-corrected chi connectivity index (χ4v) is 2.82. The van der Waals surface area contributed by atoms with Crippen LogP contribution in [-0.2, 0) is 4.74 Å². The topological polar surface area (TPSA) is 38.5 Å². The molecule has 2 heterocycles. The van der Waals surface area contributed by atoms with E-state index in [0.717, 1.165) is 32.1 Å². The Kier molecular flexibility index (Phi) is 3.65. The van der Waals surface area contributed by atoms with Crippen molar-refractivity contribution in [3.63, 3.8) is 0 Å². The molecule has 0 aromatic heterocycles. The fourth-order valence-electron chi connectivity index (χ4n) is 2.82. The zero-order valence-electron chi connectivity index (χ0n) is 9.87. The highest BCUT2D eigenvalue weighted by molar-refractivity contribution is 4.92. The van der Waals surface area contributed by atoms with E-state index in [9.17, 15) is 0 Å². The second-order valence-corrected chi connectivity index (χ2v) is 5.32. The van der Waals surface area contributed by atoms with Gasteiger partial charge in [0.15, 0.2) is 0 Å². The smallest absolute Gasteiger partial charge is 0.0659 e. The van der Waals surface area contributed by atoms with Gasteiger partial charge in [-0.05, 0) is 31.7 Å². The summed E-state index contributed by atoms with van der Waals surface area (Å²) in [5.74, 6) is 0.893. The Morgan fingerprint density at radius 1 is 1.53 bits per heavy atom. The highest BCUT2D eigenvalue weighted by atomic mass is 16.5. The van der Waals surface area contributed by atoms with Gasteiger partial charge >= 0.3 is 0 Å². The molecule has 2 fully saturated rings. The molecule has 2 aliphatic heterocycles. The summed E-state index contributed by atoms with van der Waals surface area (Å²) in [6, 6.07) is 0. The third-order valence-corrected chi connectivity index (χ3v) is 3.85. The first-order chi connectivity index (χ1) is 7.22. The Hall–Kier alpha value is -0.120. The molecular weight excluding hydrogens is 188 g/mol. The van der Waals surface area contributed by atoms with E-state index in [4.69, 9.17) is 10.5 Å². The van der Waals surface area contributed by atoms with Gasteiger partial charge in [0.2, 0.25) is 0 Å². The lowest BCUT2D eigenvalue weighted by molar-refractivity contribution is 0.120. The lowest BCUT2D eigenvalue weighted by Gasteiger charge is -2.37. The van der Waals surface area contributed by atoms with Gasteiger partial charge < -0.3 is 15.4 Å². The van der Waals surface area contributed by atoms with E-state index in [1.165, 1.54) is 32.4 Å². The maximum Gasteiger partial charge on any atom is 0.0659 e. The van der Waals surface area contributed by atoms with Crippen LogP contribution in [0.2, 0.25) is 0 Å². The van der Waals surface area contributed by atoms with Crippen LogP contribution in [0.25, 0.3) is 0 Å². The van der Waals surface area contributed by atoms with Gasteiger partial charge in [-0.15, -0.1) is 0 Å². The molecule has 0 radical (unpaired) electrons. The standard InChI is InChI=1S/C12H24N2O/c1-2-11-4-3-6-14(8-11)9-12(13)5-7-15-10-12/h11H,2-10,13H2,1H3. The fraction of sp³-hybridized carbons (Fsp3) is 1.00. The molecule has 0 aromatic carbocycles. The maximum atomic E-state index is 6.31. The van der Waals surface area contributed by atoms with Crippen LogP contribution in [0, 0.1) is 5.92 Å². The van der Waals surface area contributed by atoms with E-state index in [0.29, 0.717) is 0 Å². The molecule has 0 aliphatic carbocycles. The molecule has 0 saturated carbocycles. The number of hydrogen-bond acceptors (Lipinski definition) is 3. The molecular formula is C12H24N2O. The minimum absolute atomic E-state index is 0.0599. The van der Waals surface area contributed by atoms with Crippen LogP contribution in [-0.4, -0.2) is 43.3 Å². The molecule has 0 bridgehead atoms. The molecule has 3 nitrogen and oxygen atoms in total. The van der Waals surface area contributed by atoms with Gasteiger partial charge in [0.1, 0.15) is 0 Å². The van der Waals surface area contributed by atoms with Crippen molar-refractivity contribution < 1.29 is 4.74 Å². The summed E-state index contributed by atoms with van der Waals surface area (Å²) in [7, 11) is 0. The van der Waals surface area contributed by atoms with Crippen LogP contribution in [0.5, 0.6) is 0 Å². The highest BCUT2D eigenvalue weighted by Crippen LogP contribution is 2.23. The van der Waals surface area contributed by atoms with Crippen molar-refractivity contribution in [1.29, 1.82) is 0 Å². The number of ether oxygens (including phenoxy) is 1. The Bertz CT molecular complexity index is 202. The van der Waals surface area contributed by atoms with E-state index in [2.05, 4.69) is 11.8 Å². The largest absolute Gasteiger partial charge is 0.379 e. The third-order valence-electron chi connectivity index (χ3n) is 3.85. The summed E-state index contributed by atoms with van der Waals surface area (Å²) in [6.07, 6.45) is 5.08. The van der Waals surface area contributed by atoms with Crippen LogP contribution < -0.4 is 5.73 Å². The van der Waals surface area contributed by atoms with Gasteiger partial charge in [-0.25, -0.2) is 0 Å². The molecule has 88 valence electrons. The molecule has 2 saturated heterocycles. The van der Waals surface area contributed by atoms with Crippen LogP contribution in [0.4, 0.5) is 0 Å². The zero-order chi connectivity index (χ0) is 10.7. The lowest BCUT2D eigenvalue weighted by Crippen LogP contribution is -2.52. The van der Waals surface area contributed by atoms with Gasteiger partial charge in [0.25, 0.3) is 0 Å². The first kappa shape index (κ1) is 11.4. The number of hydrogen-bond donors (Lipinski definition) is 1. The van der Waals surface area contributed by atoms with Crippen molar-refractivity contribution in [2.75, 3.05) is 32.8 Å². The minimum atomic E-state index is -0.0599. The summed E-state index contributed by atoms with van der Waals surface area (Å²) in [4.78, 5) is 2.55. The number of rotatable bonds is 3. The van der Waals surface area contributed by atoms with Crippen molar-refractivity contribution in [3.05, 3.63) is 0 Å². The van der Waals surface area contributed by atoms with Crippen LogP contribution >= 0.6 is 0 Å². The quantitative estimate of drug-likeness (QED) is 0.764. The molecule has 0 spiro atoms. The SMILES string of the molecule is CCC1CCCN(CC2(N)CCOC2)C1. The molecule has 15 heavy (non-hydrogen) atoms. The Balaban J connectivity index is 1.83. The molecule has 2 unspecified atom stereocenters. The van der Waals surface area contributed by atoms with Gasteiger partial charge in [0.05, 0.1) is 12.1 Å². The van der Waals surface area contributed by atoms with Crippen molar-refractivity contribution >= 4 is 0 Å². The zero-order valence-corrected chi connectivity index (χ0v) is 9.87. The van der Waals surface area contributed by atoms with Gasteiger partial charge in [-0.2, -0.15) is 0 Å². The van der Waals surface area contributed by atoms with Crippen LogP contribution in [0.1, 0.15) is 32.6 Å². The average molecular weight is 212 g/mol. The molecule has 2 aliphatic rings. The number of nitrogens with zero attached hydrogens (tertiary/aromatic N) is 1. The van der Waals surface area contributed by atoms with Crippen molar-refractivity contribution in [3.8, 4) is 0 Å². The molecule has 3 heteroatoms. The number of likely N-dealkylation sites (tertiary alicyclic amines) is 1. The van der Waals surface area contributed by atoms with E-state index < -0.39 is 0 Å². The molecule has 2 rings (SSSR count). The Morgan fingerprint density at radius 3 is 3.07 bits per heavy atom. The Morgan fingerprint density at radius 2 is 2.40 bits per heavy atom. The Labute approximate surface area is 93.0 Å². The average Bonchev–Trinajstić information content (AvgIpc) is 2.65. The summed E-state index contributed by atoms with van der Waals surface area (Å²) in [6.45, 7) is 7.40. The van der Waals surface area contributed by atoms with Crippen molar-refractivity contribution in [1.82, 2.24) is 4.90 Å². The van der Waals surface area contributed by atoms with Crippen LogP contribution in [0.15, 0.2) is 0 Å². The predicted molar refractivity (Wildman–Crippen MR) is 61.8 cm³/mol. The van der Waals surface area contributed by atoms with E-state index in [1.54, 1.807) is 0 Å². The third kappa shape index (κ3) is 2.92. The van der Waals surface area contributed by atoms with E-state index in [-0.39, 0.29) is 5.54 Å². The highest BCUT2D eigenvalue weighted by Gasteiger charge is 2.33. The number of piperidine rings is 1. The van der Waals surface area contributed by atoms with Crippen molar-refractivity contribution in [2.45, 2.75) is 38.1 Å². The monoisotopic (exact) mass is 212 g/mol. The first-order valence-corrected chi connectivity index (χ1v) is 6.31. The summed E-state index contributed by atoms with van der Waals surface area (Å²) in [5.41, 5.74) is 6.25. The molecule has 2 N–H and O–H groups in total. The second-order valence-electron chi connectivity index (χ2n) is 5.32. The summed E-state index contributed by atoms with van der Waals surface area (Å²) < 4.78 is 5.40. The minimum Gasteiger partial charge on any atom is -0.379 e. The molecule has 0 aromatic rings. The van der Waals surface area contributed by atoms with Crippen LogP contribution in [0.3, 0.4) is 0 Å². The van der Waals surface area contributed by atoms with Crippen molar-refractivity contribution in [2.24, 2.45) is 11.7 Å². The predicted octanol–water partition coefficient (Wildman–Crippen LogP) is 1.23. The summed E-state index contributed by atoms with van der Waals surface area (Å²) in [5, 5.41) is 0. The summed E-state index contributed by atoms with van der Waals surface area (Å²) >= 11 is 0. The second kappa shape index (κ2) is 4.81. The lowest BCUT2D eigenvalue weighted by atomic mass is 9.93. The molecule has 2 atom stereocenters. The van der Waals surface area contributed by atoms with Gasteiger partial charge in [-0.3, -0.25) is 0 Å². The maximum absolute atomic E-state index is 6.31. The van der Waals surface area contributed by atoms with Gasteiger partial charge in [-0.1, -0.05) is 13.3 Å². The number of nitrogens with two attached hydrogens (primary N) is 1.